The van der Waals surface area contributed by atoms with Gasteiger partial charge in [-0.3, -0.25) is 14.5 Å². The molecule has 1 saturated heterocycles. The third kappa shape index (κ3) is 4.53. The summed E-state index contributed by atoms with van der Waals surface area (Å²) in [5, 5.41) is 2.86. The van der Waals surface area contributed by atoms with Crippen LogP contribution in [0.4, 0.5) is 11.4 Å². The number of nitrogens with one attached hydrogen (secondary N) is 1. The fourth-order valence-corrected chi connectivity index (χ4v) is 4.33. The zero-order chi connectivity index (χ0) is 19.4. The Bertz CT molecular complexity index is 800. The molecular weight excluding hydrogens is 356 g/mol. The van der Waals surface area contributed by atoms with Gasteiger partial charge in [0.25, 0.3) is 0 Å². The normalized spacial score (nSPS) is 16.8. The summed E-state index contributed by atoms with van der Waals surface area (Å²) >= 11 is 1.63. The average Bonchev–Trinajstić information content (AvgIpc) is 3.04. The van der Waals surface area contributed by atoms with Crippen LogP contribution in [0.25, 0.3) is 0 Å². The van der Waals surface area contributed by atoms with Crippen LogP contribution < -0.4 is 10.2 Å². The quantitative estimate of drug-likeness (QED) is 0.735. The summed E-state index contributed by atoms with van der Waals surface area (Å²) in [5.41, 5.74) is 4.05. The molecule has 4 nitrogen and oxygen atoms in total. The largest absolute Gasteiger partial charge is 0.326 e. The molecule has 1 N–H and O–H groups in total. The minimum atomic E-state index is -0.0391. The predicted molar refractivity (Wildman–Crippen MR) is 113 cm³/mol. The first-order valence-corrected chi connectivity index (χ1v) is 10.5. The molecule has 2 amide bonds. The van der Waals surface area contributed by atoms with Crippen molar-refractivity contribution in [2.45, 2.75) is 44.9 Å². The highest BCUT2D eigenvalue weighted by Gasteiger charge is 2.34. The zero-order valence-corrected chi connectivity index (χ0v) is 16.9. The molecule has 0 aromatic heterocycles. The van der Waals surface area contributed by atoms with Gasteiger partial charge in [-0.2, -0.15) is 0 Å². The molecule has 0 radical (unpaired) electrons. The van der Waals surface area contributed by atoms with Crippen molar-refractivity contribution < 1.29 is 9.59 Å². The van der Waals surface area contributed by atoms with Crippen molar-refractivity contribution in [3.05, 3.63) is 59.7 Å². The third-order valence-electron chi connectivity index (χ3n) is 4.66. The highest BCUT2D eigenvalue weighted by Crippen LogP contribution is 2.42. The predicted octanol–water partition coefficient (Wildman–Crippen LogP) is 5.33. The fourth-order valence-electron chi connectivity index (χ4n) is 3.15. The maximum atomic E-state index is 12.5. The second-order valence-electron chi connectivity index (χ2n) is 7.09. The van der Waals surface area contributed by atoms with Crippen LogP contribution in [0.5, 0.6) is 0 Å². The molecule has 1 heterocycles. The van der Waals surface area contributed by atoms with E-state index in [0.717, 1.165) is 23.4 Å². The minimum Gasteiger partial charge on any atom is -0.326 e. The Hall–Kier alpha value is -2.27. The Balaban J connectivity index is 1.78. The molecular formula is C22H26N2O2S. The number of anilines is 2. The highest BCUT2D eigenvalue weighted by molar-refractivity contribution is 8.00. The summed E-state index contributed by atoms with van der Waals surface area (Å²) in [7, 11) is 0. The highest BCUT2D eigenvalue weighted by atomic mass is 32.2. The lowest BCUT2D eigenvalue weighted by Gasteiger charge is -2.25. The summed E-state index contributed by atoms with van der Waals surface area (Å²) in [6.07, 6.45) is 1.35. The van der Waals surface area contributed by atoms with Gasteiger partial charge in [0.15, 0.2) is 0 Å². The van der Waals surface area contributed by atoms with E-state index in [1.54, 1.807) is 11.8 Å². The van der Waals surface area contributed by atoms with E-state index in [1.807, 2.05) is 48.2 Å². The van der Waals surface area contributed by atoms with E-state index in [2.05, 4.69) is 31.3 Å². The lowest BCUT2D eigenvalue weighted by atomic mass is 10.0. The first-order valence-electron chi connectivity index (χ1n) is 9.43. The third-order valence-corrected chi connectivity index (χ3v) is 5.87. The van der Waals surface area contributed by atoms with Gasteiger partial charge in [0.2, 0.25) is 11.8 Å². The number of carbonyl (C=O) groups excluding carboxylic acids is 2. The van der Waals surface area contributed by atoms with Gasteiger partial charge in [-0.15, -0.1) is 11.8 Å². The van der Waals surface area contributed by atoms with Crippen molar-refractivity contribution in [1.29, 1.82) is 0 Å². The molecule has 3 rings (SSSR count). The minimum absolute atomic E-state index is 0.0301. The maximum absolute atomic E-state index is 12.5. The maximum Gasteiger partial charge on any atom is 0.238 e. The lowest BCUT2D eigenvalue weighted by Crippen LogP contribution is -2.27. The number of hydrogen-bond donors (Lipinski definition) is 1. The number of hydrogen-bond acceptors (Lipinski definition) is 3. The molecule has 0 spiro atoms. The van der Waals surface area contributed by atoms with Gasteiger partial charge in [0.05, 0.1) is 5.75 Å². The van der Waals surface area contributed by atoms with E-state index in [0.29, 0.717) is 18.1 Å². The second-order valence-corrected chi connectivity index (χ2v) is 8.16. The van der Waals surface area contributed by atoms with Crippen LogP contribution in [0, 0.1) is 0 Å². The van der Waals surface area contributed by atoms with E-state index in [4.69, 9.17) is 0 Å². The molecule has 2 aromatic rings. The van der Waals surface area contributed by atoms with E-state index < -0.39 is 0 Å². The van der Waals surface area contributed by atoms with Gasteiger partial charge >= 0.3 is 0 Å². The van der Waals surface area contributed by atoms with Crippen LogP contribution >= 0.6 is 11.8 Å². The first kappa shape index (κ1) is 19.5. The van der Waals surface area contributed by atoms with Crippen molar-refractivity contribution in [3.63, 3.8) is 0 Å². The molecule has 1 atom stereocenters. The van der Waals surface area contributed by atoms with Crippen molar-refractivity contribution in [3.8, 4) is 0 Å². The molecule has 27 heavy (non-hydrogen) atoms. The molecule has 0 bridgehead atoms. The van der Waals surface area contributed by atoms with Gasteiger partial charge in [-0.25, -0.2) is 0 Å². The van der Waals surface area contributed by atoms with Crippen molar-refractivity contribution in [2.24, 2.45) is 0 Å². The Morgan fingerprint density at radius 3 is 2.41 bits per heavy atom. The Kier molecular flexibility index (Phi) is 6.22. The zero-order valence-electron chi connectivity index (χ0n) is 16.1. The van der Waals surface area contributed by atoms with Crippen LogP contribution in [0.15, 0.2) is 48.5 Å². The molecule has 1 aliphatic rings. The summed E-state index contributed by atoms with van der Waals surface area (Å²) in [4.78, 5) is 26.1. The molecule has 1 fully saturated rings. The lowest BCUT2D eigenvalue weighted by molar-refractivity contribution is -0.116. The molecule has 0 saturated carbocycles. The Labute approximate surface area is 165 Å². The van der Waals surface area contributed by atoms with E-state index >= 15 is 0 Å². The average molecular weight is 383 g/mol. The van der Waals surface area contributed by atoms with Crippen LogP contribution in [0.2, 0.25) is 0 Å². The molecule has 2 aromatic carbocycles. The van der Waals surface area contributed by atoms with Crippen molar-refractivity contribution >= 4 is 35.0 Å². The summed E-state index contributed by atoms with van der Waals surface area (Å²) in [6, 6.07) is 16.1. The van der Waals surface area contributed by atoms with Crippen LogP contribution in [0.3, 0.4) is 0 Å². The van der Waals surface area contributed by atoms with Crippen molar-refractivity contribution in [1.82, 2.24) is 0 Å². The standard InChI is InChI=1S/C22H26N2O2S/c1-4-5-20(25)23-18-10-6-17(7-11-18)22-24(21(26)14-27-22)19-12-8-16(9-13-19)15(2)3/h6-13,15,22H,4-5,14H2,1-3H3,(H,23,25)/t22-/m1/s1. The van der Waals surface area contributed by atoms with E-state index in [9.17, 15) is 9.59 Å². The molecule has 0 unspecified atom stereocenters. The molecule has 1 aliphatic heterocycles. The first-order chi connectivity index (χ1) is 13.0. The number of carbonyl (C=O) groups is 2. The van der Waals surface area contributed by atoms with E-state index in [-0.39, 0.29) is 17.2 Å². The van der Waals surface area contributed by atoms with Crippen LogP contribution in [-0.2, 0) is 9.59 Å². The van der Waals surface area contributed by atoms with E-state index in [1.165, 1.54) is 5.56 Å². The second kappa shape index (κ2) is 8.61. The van der Waals surface area contributed by atoms with Gasteiger partial charge in [-0.1, -0.05) is 45.0 Å². The van der Waals surface area contributed by atoms with Crippen LogP contribution in [0.1, 0.15) is 56.0 Å². The number of rotatable bonds is 6. The summed E-state index contributed by atoms with van der Waals surface area (Å²) in [5.74, 6) is 1.10. The smallest absolute Gasteiger partial charge is 0.238 e. The number of benzene rings is 2. The van der Waals surface area contributed by atoms with Gasteiger partial charge in [0.1, 0.15) is 5.37 Å². The number of nitrogens with zero attached hydrogens (tertiary/aromatic N) is 1. The molecule has 0 aliphatic carbocycles. The monoisotopic (exact) mass is 382 g/mol. The Morgan fingerprint density at radius 2 is 1.81 bits per heavy atom. The summed E-state index contributed by atoms with van der Waals surface area (Å²) in [6.45, 7) is 6.31. The summed E-state index contributed by atoms with van der Waals surface area (Å²) < 4.78 is 0. The topological polar surface area (TPSA) is 49.4 Å². The van der Waals surface area contributed by atoms with Gasteiger partial charge < -0.3 is 5.32 Å². The molecule has 142 valence electrons. The van der Waals surface area contributed by atoms with Gasteiger partial charge in [-0.05, 0) is 47.7 Å². The fraction of sp³-hybridized carbons (Fsp3) is 0.364. The van der Waals surface area contributed by atoms with Crippen LogP contribution in [-0.4, -0.2) is 17.6 Å². The van der Waals surface area contributed by atoms with Crippen molar-refractivity contribution in [2.75, 3.05) is 16.0 Å². The molecule has 5 heteroatoms. The Morgan fingerprint density at radius 1 is 1.15 bits per heavy atom. The SMILES string of the molecule is CCCC(=O)Nc1ccc([C@H]2SCC(=O)N2c2ccc(C(C)C)cc2)cc1. The van der Waals surface area contributed by atoms with Gasteiger partial charge in [0, 0.05) is 17.8 Å². The number of amides is 2. The number of thioether (sulfide) groups is 1.